The van der Waals surface area contributed by atoms with E-state index in [1.165, 1.54) is 11.1 Å². The van der Waals surface area contributed by atoms with E-state index < -0.39 is 0 Å². The highest BCUT2D eigenvalue weighted by Gasteiger charge is 2.34. The zero-order valence-corrected chi connectivity index (χ0v) is 19.4. The molecule has 6 nitrogen and oxygen atoms in total. The van der Waals surface area contributed by atoms with Gasteiger partial charge in [-0.25, -0.2) is 0 Å². The first kappa shape index (κ1) is 21.3. The first-order chi connectivity index (χ1) is 14.6. The molecule has 0 bridgehead atoms. The average Bonchev–Trinajstić information content (AvgIpc) is 3.25. The van der Waals surface area contributed by atoms with Crippen LogP contribution in [0.4, 0.5) is 5.69 Å². The van der Waals surface area contributed by atoms with Crippen molar-refractivity contribution in [2.24, 2.45) is 11.3 Å². The smallest absolute Gasteiger partial charge is 0.278 e. The van der Waals surface area contributed by atoms with Crippen LogP contribution in [0, 0.1) is 32.1 Å². The molecule has 1 aliphatic carbocycles. The molecule has 1 atom stereocenters. The predicted octanol–water partition coefficient (Wildman–Crippen LogP) is 5.25. The van der Waals surface area contributed by atoms with Gasteiger partial charge in [-0.15, -0.1) is 0 Å². The van der Waals surface area contributed by atoms with Crippen LogP contribution in [-0.2, 0) is 19.4 Å². The summed E-state index contributed by atoms with van der Waals surface area (Å²) in [4.78, 5) is 13.2. The van der Waals surface area contributed by atoms with Crippen molar-refractivity contribution < 1.29 is 9.32 Å². The summed E-state index contributed by atoms with van der Waals surface area (Å²) in [7, 11) is 0. The van der Waals surface area contributed by atoms with Gasteiger partial charge in [0, 0.05) is 12.0 Å². The van der Waals surface area contributed by atoms with Crippen LogP contribution in [0.5, 0.6) is 0 Å². The highest BCUT2D eigenvalue weighted by Crippen LogP contribution is 2.38. The summed E-state index contributed by atoms with van der Waals surface area (Å²) < 4.78 is 7.48. The fourth-order valence-electron chi connectivity index (χ4n) is 4.47. The van der Waals surface area contributed by atoms with Crippen LogP contribution in [0.2, 0.25) is 0 Å². The van der Waals surface area contributed by atoms with Crippen molar-refractivity contribution in [2.45, 2.75) is 67.3 Å². The summed E-state index contributed by atoms with van der Waals surface area (Å²) in [6.07, 6.45) is 2.73. The molecule has 1 aliphatic rings. The fourth-order valence-corrected chi connectivity index (χ4v) is 4.47. The molecule has 0 fully saturated rings. The molecule has 4 rings (SSSR count). The van der Waals surface area contributed by atoms with E-state index >= 15 is 0 Å². The summed E-state index contributed by atoms with van der Waals surface area (Å²) in [6, 6.07) is 8.28. The van der Waals surface area contributed by atoms with E-state index in [9.17, 15) is 4.79 Å². The highest BCUT2D eigenvalue weighted by atomic mass is 16.5. The maximum absolute atomic E-state index is 13.2. The van der Waals surface area contributed by atoms with Gasteiger partial charge in [0.05, 0.1) is 23.6 Å². The summed E-state index contributed by atoms with van der Waals surface area (Å²) in [6.45, 7) is 13.4. The van der Waals surface area contributed by atoms with Gasteiger partial charge < -0.3 is 9.84 Å². The number of aryl methyl sites for hydroxylation is 3. The molecule has 3 aromatic rings. The third-order valence-corrected chi connectivity index (χ3v) is 6.68. The second-order valence-corrected chi connectivity index (χ2v) is 9.82. The molecule has 2 heterocycles. The van der Waals surface area contributed by atoms with Crippen molar-refractivity contribution in [3.05, 3.63) is 63.8 Å². The maximum Gasteiger partial charge on any atom is 0.278 e. The van der Waals surface area contributed by atoms with E-state index in [1.54, 1.807) is 0 Å². The number of carbonyl (C=O) groups excluding carboxylic acids is 1. The zero-order valence-electron chi connectivity index (χ0n) is 19.4. The fraction of sp³-hybridized carbons (Fsp3) is 0.480. The molecule has 164 valence electrons. The minimum Gasteiger partial charge on any atom is -0.360 e. The van der Waals surface area contributed by atoms with E-state index in [0.717, 1.165) is 47.7 Å². The number of hydrogen-bond donors (Lipinski definition) is 1. The second-order valence-electron chi connectivity index (χ2n) is 9.82. The summed E-state index contributed by atoms with van der Waals surface area (Å²) >= 11 is 0. The number of carbonyl (C=O) groups is 1. The molecule has 0 saturated carbocycles. The molecule has 1 N–H and O–H groups in total. The Morgan fingerprint density at radius 1 is 1.23 bits per heavy atom. The number of rotatable bonds is 4. The van der Waals surface area contributed by atoms with E-state index in [2.05, 4.69) is 55.4 Å². The number of aromatic nitrogens is 3. The molecule has 0 unspecified atom stereocenters. The Hall–Kier alpha value is -2.89. The van der Waals surface area contributed by atoms with Crippen LogP contribution in [0.1, 0.15) is 71.5 Å². The van der Waals surface area contributed by atoms with Crippen LogP contribution in [-0.4, -0.2) is 20.8 Å². The van der Waals surface area contributed by atoms with Gasteiger partial charge in [-0.3, -0.25) is 9.48 Å². The zero-order chi connectivity index (χ0) is 22.3. The van der Waals surface area contributed by atoms with Crippen molar-refractivity contribution >= 4 is 11.6 Å². The van der Waals surface area contributed by atoms with Crippen LogP contribution >= 0.6 is 0 Å². The normalized spacial score (nSPS) is 16.3. The number of nitrogens with one attached hydrogen (secondary N) is 1. The Kier molecular flexibility index (Phi) is 5.50. The van der Waals surface area contributed by atoms with E-state index in [1.807, 2.05) is 30.7 Å². The van der Waals surface area contributed by atoms with E-state index in [4.69, 9.17) is 4.52 Å². The first-order valence-electron chi connectivity index (χ1n) is 11.0. The van der Waals surface area contributed by atoms with Crippen LogP contribution < -0.4 is 5.32 Å². The molecule has 0 saturated heterocycles. The molecule has 1 aromatic carbocycles. The Bertz CT molecular complexity index is 1120. The molecule has 6 heteroatoms. The lowest BCUT2D eigenvalue weighted by Crippen LogP contribution is -2.27. The SMILES string of the molecule is Cc1ccccc1Cn1nc(C)c(NC(=O)c2noc3c2C[C@H](C(C)(C)C)CC3)c1C. The van der Waals surface area contributed by atoms with Gasteiger partial charge in [0.25, 0.3) is 5.91 Å². The molecule has 31 heavy (non-hydrogen) atoms. The predicted molar refractivity (Wildman–Crippen MR) is 121 cm³/mol. The van der Waals surface area contributed by atoms with Gasteiger partial charge in [0.1, 0.15) is 5.76 Å². The standard InChI is InChI=1S/C25H32N4O2/c1-15-9-7-8-10-18(15)14-29-17(3)22(16(2)27-29)26-24(30)23-20-13-19(25(4,5)6)11-12-21(20)31-28-23/h7-10,19H,11-14H2,1-6H3,(H,26,30)/t19-/m1/s1. The third-order valence-electron chi connectivity index (χ3n) is 6.68. The van der Waals surface area contributed by atoms with Crippen molar-refractivity contribution in [3.8, 4) is 0 Å². The number of benzene rings is 1. The molecular weight excluding hydrogens is 388 g/mol. The largest absolute Gasteiger partial charge is 0.360 e. The lowest BCUT2D eigenvalue weighted by Gasteiger charge is -2.33. The van der Waals surface area contributed by atoms with Crippen molar-refractivity contribution in [1.82, 2.24) is 14.9 Å². The van der Waals surface area contributed by atoms with Crippen LogP contribution in [0.15, 0.2) is 28.8 Å². The van der Waals surface area contributed by atoms with Gasteiger partial charge in [-0.1, -0.05) is 50.2 Å². The maximum atomic E-state index is 13.2. The minimum absolute atomic E-state index is 0.187. The Labute approximate surface area is 184 Å². The number of hydrogen-bond acceptors (Lipinski definition) is 4. The minimum atomic E-state index is -0.221. The summed E-state index contributed by atoms with van der Waals surface area (Å²) in [5.41, 5.74) is 6.47. The monoisotopic (exact) mass is 420 g/mol. The molecule has 2 aromatic heterocycles. The summed E-state index contributed by atoms with van der Waals surface area (Å²) in [5, 5.41) is 11.9. The van der Waals surface area contributed by atoms with Gasteiger partial charge in [0.2, 0.25) is 0 Å². The van der Waals surface area contributed by atoms with Gasteiger partial charge >= 0.3 is 0 Å². The lowest BCUT2D eigenvalue weighted by atomic mass is 9.71. The topological polar surface area (TPSA) is 73.0 Å². The quantitative estimate of drug-likeness (QED) is 0.626. The first-order valence-corrected chi connectivity index (χ1v) is 11.0. The van der Waals surface area contributed by atoms with Crippen LogP contribution in [0.3, 0.4) is 0 Å². The van der Waals surface area contributed by atoms with Gasteiger partial charge in [-0.2, -0.15) is 5.10 Å². The second kappa shape index (κ2) is 7.98. The molecule has 0 radical (unpaired) electrons. The van der Waals surface area contributed by atoms with E-state index in [0.29, 0.717) is 18.2 Å². The average molecular weight is 421 g/mol. The lowest BCUT2D eigenvalue weighted by molar-refractivity contribution is 0.101. The van der Waals surface area contributed by atoms with Crippen molar-refractivity contribution in [2.75, 3.05) is 5.32 Å². The third kappa shape index (κ3) is 4.16. The van der Waals surface area contributed by atoms with Crippen molar-refractivity contribution in [3.63, 3.8) is 0 Å². The Morgan fingerprint density at radius 2 is 1.97 bits per heavy atom. The number of amides is 1. The highest BCUT2D eigenvalue weighted by molar-refractivity contribution is 6.04. The Balaban J connectivity index is 1.56. The van der Waals surface area contributed by atoms with Gasteiger partial charge in [-0.05, 0) is 56.1 Å². The van der Waals surface area contributed by atoms with Gasteiger partial charge in [0.15, 0.2) is 5.69 Å². The molecule has 0 spiro atoms. The Morgan fingerprint density at radius 3 is 2.68 bits per heavy atom. The molecular formula is C25H32N4O2. The van der Waals surface area contributed by atoms with Crippen LogP contribution in [0.25, 0.3) is 0 Å². The van der Waals surface area contributed by atoms with Crippen molar-refractivity contribution in [1.29, 1.82) is 0 Å². The molecule has 1 amide bonds. The summed E-state index contributed by atoms with van der Waals surface area (Å²) in [5.74, 6) is 1.14. The number of nitrogens with zero attached hydrogens (tertiary/aromatic N) is 3. The van der Waals surface area contributed by atoms with E-state index in [-0.39, 0.29) is 11.3 Å². The number of fused-ring (bicyclic) bond motifs is 1. The number of anilines is 1. The molecule has 0 aliphatic heterocycles.